The second-order valence-electron chi connectivity index (χ2n) is 4.68. The van der Waals surface area contributed by atoms with Gasteiger partial charge in [0.1, 0.15) is 12.4 Å². The van der Waals surface area contributed by atoms with E-state index < -0.39 is 28.4 Å². The molecule has 0 fully saturated rings. The molecular formula is C13H15B2NO6S. The highest BCUT2D eigenvalue weighted by molar-refractivity contribution is 7.85. The molecule has 0 bridgehead atoms. The number of rotatable bonds is 7. The number of carbonyl (C=O) groups is 2. The average Bonchev–Trinajstić information content (AvgIpc) is 2.44. The molecule has 0 saturated carbocycles. The zero-order valence-electron chi connectivity index (χ0n) is 12.5. The lowest BCUT2D eigenvalue weighted by Gasteiger charge is -2.15. The third kappa shape index (κ3) is 6.07. The van der Waals surface area contributed by atoms with Crippen molar-refractivity contribution in [3.8, 4) is 0 Å². The van der Waals surface area contributed by atoms with E-state index in [1.165, 1.54) is 13.0 Å². The normalized spacial score (nSPS) is 11.0. The van der Waals surface area contributed by atoms with Crippen LogP contribution in [0.25, 0.3) is 0 Å². The number of esters is 1. The lowest BCUT2D eigenvalue weighted by molar-refractivity contribution is -0.114. The standard InChI is InChI=1S/C13H15B2NO6S/c1-8(17)16-12-5-11(9(6-14)4-10(12)7-15)13(18)22-2-3-23(19,20)21/h4-5H,2-3,6-7H2,1H3,(H,16,17)(H,19,20,21). The molecule has 2 N–H and O–H groups in total. The van der Waals surface area contributed by atoms with Crippen molar-refractivity contribution in [2.75, 3.05) is 17.7 Å². The summed E-state index contributed by atoms with van der Waals surface area (Å²) in [6, 6.07) is 2.95. The summed E-state index contributed by atoms with van der Waals surface area (Å²) in [5.41, 5.74) is 1.47. The molecule has 0 aliphatic rings. The molecule has 1 amide bonds. The predicted octanol–water partition coefficient (Wildman–Crippen LogP) is 0.0266. The summed E-state index contributed by atoms with van der Waals surface area (Å²) in [4.78, 5) is 23.3. The number of hydrogen-bond acceptors (Lipinski definition) is 5. The number of amides is 1. The SMILES string of the molecule is [B]Cc1cc(C[B])c(C(=O)OCCS(=O)(=O)O)cc1NC(C)=O. The highest BCUT2D eigenvalue weighted by Crippen LogP contribution is 2.23. The van der Waals surface area contributed by atoms with Crippen molar-refractivity contribution in [3.63, 3.8) is 0 Å². The second kappa shape index (κ2) is 8.16. The van der Waals surface area contributed by atoms with Crippen LogP contribution in [-0.2, 0) is 32.3 Å². The van der Waals surface area contributed by atoms with Gasteiger partial charge < -0.3 is 10.1 Å². The Morgan fingerprint density at radius 1 is 1.22 bits per heavy atom. The van der Waals surface area contributed by atoms with Crippen LogP contribution in [0.4, 0.5) is 5.69 Å². The third-order valence-corrected chi connectivity index (χ3v) is 3.56. The molecule has 0 aliphatic heterocycles. The van der Waals surface area contributed by atoms with Crippen LogP contribution in [0, 0.1) is 0 Å². The van der Waals surface area contributed by atoms with Gasteiger partial charge in [-0.25, -0.2) is 4.79 Å². The van der Waals surface area contributed by atoms with Crippen molar-refractivity contribution in [3.05, 3.63) is 28.8 Å². The Labute approximate surface area is 137 Å². The molecule has 120 valence electrons. The molecule has 0 atom stereocenters. The van der Waals surface area contributed by atoms with E-state index in [1.807, 2.05) is 0 Å². The van der Waals surface area contributed by atoms with E-state index >= 15 is 0 Å². The van der Waals surface area contributed by atoms with E-state index in [4.69, 9.17) is 25.0 Å². The van der Waals surface area contributed by atoms with Crippen LogP contribution >= 0.6 is 0 Å². The maximum Gasteiger partial charge on any atom is 0.338 e. The third-order valence-electron chi connectivity index (χ3n) is 2.87. The van der Waals surface area contributed by atoms with Crippen molar-refractivity contribution < 1.29 is 27.3 Å². The number of benzene rings is 1. The Hall–Kier alpha value is -1.80. The summed E-state index contributed by atoms with van der Waals surface area (Å²) in [5, 5.41) is 2.55. The van der Waals surface area contributed by atoms with E-state index in [9.17, 15) is 18.0 Å². The molecule has 23 heavy (non-hydrogen) atoms. The molecule has 0 heterocycles. The van der Waals surface area contributed by atoms with E-state index in [0.717, 1.165) is 0 Å². The van der Waals surface area contributed by atoms with Gasteiger partial charge in [-0.05, 0) is 17.2 Å². The Morgan fingerprint density at radius 2 is 1.83 bits per heavy atom. The first kappa shape index (κ1) is 19.2. The van der Waals surface area contributed by atoms with Gasteiger partial charge in [-0.3, -0.25) is 9.35 Å². The second-order valence-corrected chi connectivity index (χ2v) is 6.25. The summed E-state index contributed by atoms with van der Waals surface area (Å²) >= 11 is 0. The van der Waals surface area contributed by atoms with Gasteiger partial charge >= 0.3 is 5.97 Å². The molecule has 0 aliphatic carbocycles. The zero-order chi connectivity index (χ0) is 17.6. The zero-order valence-corrected chi connectivity index (χ0v) is 13.4. The fourth-order valence-electron chi connectivity index (χ4n) is 1.85. The Balaban J connectivity index is 3.07. The summed E-state index contributed by atoms with van der Waals surface area (Å²) in [6.07, 6.45) is 0.150. The van der Waals surface area contributed by atoms with Gasteiger partial charge in [0.05, 0.1) is 21.3 Å². The van der Waals surface area contributed by atoms with Crippen molar-refractivity contribution >= 4 is 43.4 Å². The Kier molecular flexibility index (Phi) is 6.83. The number of nitrogens with one attached hydrogen (secondary N) is 1. The molecule has 1 rings (SSSR count). The first-order valence-corrected chi connectivity index (χ1v) is 8.24. The first-order valence-electron chi connectivity index (χ1n) is 6.63. The molecule has 0 unspecified atom stereocenters. The van der Waals surface area contributed by atoms with E-state index in [-0.39, 0.29) is 24.1 Å². The van der Waals surface area contributed by atoms with Crippen LogP contribution in [0.3, 0.4) is 0 Å². The molecular weight excluding hydrogens is 320 g/mol. The highest BCUT2D eigenvalue weighted by Gasteiger charge is 2.17. The molecule has 0 saturated heterocycles. The maximum absolute atomic E-state index is 12.0. The molecule has 4 radical (unpaired) electrons. The van der Waals surface area contributed by atoms with E-state index in [1.54, 1.807) is 6.07 Å². The quantitative estimate of drug-likeness (QED) is 0.413. The summed E-state index contributed by atoms with van der Waals surface area (Å²) in [5.74, 6) is -1.87. The van der Waals surface area contributed by atoms with Gasteiger partial charge in [-0.1, -0.05) is 18.7 Å². The van der Waals surface area contributed by atoms with E-state index in [2.05, 4.69) is 5.32 Å². The number of carbonyl (C=O) groups excluding carboxylic acids is 2. The molecule has 10 heteroatoms. The molecule has 1 aromatic rings. The minimum absolute atomic E-state index is 0.0239. The molecule has 7 nitrogen and oxygen atoms in total. The lowest BCUT2D eigenvalue weighted by atomic mass is 9.87. The fourth-order valence-corrected chi connectivity index (χ4v) is 2.14. The van der Waals surface area contributed by atoms with Crippen molar-refractivity contribution in [1.82, 2.24) is 0 Å². The molecule has 0 aromatic heterocycles. The summed E-state index contributed by atoms with van der Waals surface area (Å²) < 4.78 is 34.6. The van der Waals surface area contributed by atoms with Crippen LogP contribution in [-0.4, -0.2) is 52.9 Å². The Morgan fingerprint density at radius 3 is 2.30 bits per heavy atom. The van der Waals surface area contributed by atoms with Crippen LogP contribution in [0.15, 0.2) is 12.1 Å². The van der Waals surface area contributed by atoms with Gasteiger partial charge in [0.25, 0.3) is 10.1 Å². The smallest absolute Gasteiger partial charge is 0.338 e. The topological polar surface area (TPSA) is 110 Å². The summed E-state index contributed by atoms with van der Waals surface area (Å²) in [7, 11) is 6.96. The molecule has 1 aromatic carbocycles. The van der Waals surface area contributed by atoms with Gasteiger partial charge in [-0.2, -0.15) is 8.42 Å². The van der Waals surface area contributed by atoms with Crippen LogP contribution in [0.2, 0.25) is 0 Å². The first-order chi connectivity index (χ1) is 10.7. The minimum Gasteiger partial charge on any atom is -0.461 e. The van der Waals surface area contributed by atoms with Crippen LogP contribution < -0.4 is 5.32 Å². The maximum atomic E-state index is 12.0. The predicted molar refractivity (Wildman–Crippen MR) is 86.4 cm³/mol. The van der Waals surface area contributed by atoms with Crippen molar-refractivity contribution in [1.29, 1.82) is 0 Å². The van der Waals surface area contributed by atoms with Gasteiger partial charge in [0.2, 0.25) is 5.91 Å². The lowest BCUT2D eigenvalue weighted by Crippen LogP contribution is -2.17. The monoisotopic (exact) mass is 335 g/mol. The summed E-state index contributed by atoms with van der Waals surface area (Å²) in [6.45, 7) is 0.803. The number of ether oxygens (including phenoxy) is 1. The average molecular weight is 335 g/mol. The fraction of sp³-hybridized carbons (Fsp3) is 0.385. The van der Waals surface area contributed by atoms with Crippen molar-refractivity contribution in [2.24, 2.45) is 0 Å². The highest BCUT2D eigenvalue weighted by atomic mass is 32.2. The number of anilines is 1. The van der Waals surface area contributed by atoms with E-state index in [0.29, 0.717) is 16.8 Å². The van der Waals surface area contributed by atoms with Crippen LogP contribution in [0.5, 0.6) is 0 Å². The largest absolute Gasteiger partial charge is 0.461 e. The minimum atomic E-state index is -4.23. The van der Waals surface area contributed by atoms with Gasteiger partial charge in [-0.15, -0.1) is 0 Å². The number of hydrogen-bond donors (Lipinski definition) is 2. The van der Waals surface area contributed by atoms with Crippen molar-refractivity contribution in [2.45, 2.75) is 19.6 Å². The Bertz CT molecular complexity index is 705. The molecule has 0 spiro atoms. The van der Waals surface area contributed by atoms with Crippen LogP contribution in [0.1, 0.15) is 28.4 Å². The van der Waals surface area contributed by atoms with Gasteiger partial charge in [0, 0.05) is 12.6 Å². The van der Waals surface area contributed by atoms with Gasteiger partial charge in [0.15, 0.2) is 0 Å².